The molecule has 0 atom stereocenters. The molecule has 19 heavy (non-hydrogen) atoms. The van der Waals surface area contributed by atoms with Crippen molar-refractivity contribution in [1.29, 1.82) is 0 Å². The summed E-state index contributed by atoms with van der Waals surface area (Å²) in [7, 11) is 1.59. The van der Waals surface area contributed by atoms with Crippen LogP contribution in [0.4, 0.5) is 5.69 Å². The summed E-state index contributed by atoms with van der Waals surface area (Å²) in [5.74, 6) is 0.494. The van der Waals surface area contributed by atoms with E-state index >= 15 is 0 Å². The fourth-order valence-corrected chi connectivity index (χ4v) is 1.46. The Morgan fingerprint density at radius 2 is 2.26 bits per heavy atom. The van der Waals surface area contributed by atoms with Gasteiger partial charge in [0.1, 0.15) is 5.75 Å². The van der Waals surface area contributed by atoms with Crippen molar-refractivity contribution in [2.45, 2.75) is 6.92 Å². The van der Waals surface area contributed by atoms with Gasteiger partial charge in [-0.3, -0.25) is 4.79 Å². The van der Waals surface area contributed by atoms with Crippen LogP contribution in [0.5, 0.6) is 5.75 Å². The molecule has 1 aromatic rings. The Balaban J connectivity index is 2.57. The molecule has 104 valence electrons. The third-order valence-corrected chi connectivity index (χ3v) is 2.37. The van der Waals surface area contributed by atoms with Crippen LogP contribution in [0.15, 0.2) is 24.3 Å². The van der Waals surface area contributed by atoms with Crippen LogP contribution in [-0.4, -0.2) is 32.8 Å². The van der Waals surface area contributed by atoms with Crippen LogP contribution in [0.25, 0.3) is 6.08 Å². The number of nitrogens with two attached hydrogens (primary N) is 1. The zero-order valence-corrected chi connectivity index (χ0v) is 11.3. The maximum Gasteiger partial charge on any atom is 0.244 e. The van der Waals surface area contributed by atoms with Crippen molar-refractivity contribution >= 4 is 17.7 Å². The Hall–Kier alpha value is -2.01. The summed E-state index contributed by atoms with van der Waals surface area (Å²) in [6.45, 7) is 3.46. The number of methoxy groups -OCH3 is 1. The minimum atomic E-state index is -0.162. The van der Waals surface area contributed by atoms with Gasteiger partial charge in [0.2, 0.25) is 5.91 Å². The number of amides is 1. The molecule has 0 bridgehead atoms. The number of ether oxygens (including phenoxy) is 2. The Kier molecular flexibility index (Phi) is 6.46. The normalized spacial score (nSPS) is 10.6. The van der Waals surface area contributed by atoms with E-state index in [0.717, 1.165) is 5.56 Å². The molecule has 5 heteroatoms. The van der Waals surface area contributed by atoms with Gasteiger partial charge in [-0.25, -0.2) is 0 Å². The second-order valence-corrected chi connectivity index (χ2v) is 3.85. The lowest BCUT2D eigenvalue weighted by Gasteiger charge is -2.06. The molecule has 0 saturated heterocycles. The molecule has 0 aliphatic rings. The third-order valence-electron chi connectivity index (χ3n) is 2.37. The number of hydrogen-bond donors (Lipinski definition) is 2. The van der Waals surface area contributed by atoms with Gasteiger partial charge < -0.3 is 20.5 Å². The quantitative estimate of drug-likeness (QED) is 0.444. The van der Waals surface area contributed by atoms with Crippen molar-refractivity contribution in [1.82, 2.24) is 5.32 Å². The van der Waals surface area contributed by atoms with E-state index in [-0.39, 0.29) is 5.91 Å². The maximum atomic E-state index is 11.4. The molecule has 0 unspecified atom stereocenters. The predicted molar refractivity (Wildman–Crippen MR) is 75.9 cm³/mol. The van der Waals surface area contributed by atoms with Crippen LogP contribution in [0.1, 0.15) is 12.5 Å². The smallest absolute Gasteiger partial charge is 0.244 e. The topological polar surface area (TPSA) is 73.6 Å². The number of rotatable bonds is 7. The number of nitrogen functional groups attached to an aromatic ring is 1. The van der Waals surface area contributed by atoms with Crippen LogP contribution in [-0.2, 0) is 9.53 Å². The van der Waals surface area contributed by atoms with E-state index in [1.807, 2.05) is 13.0 Å². The Labute approximate surface area is 113 Å². The number of nitrogens with one attached hydrogen (secondary N) is 1. The van der Waals surface area contributed by atoms with Gasteiger partial charge >= 0.3 is 0 Å². The Morgan fingerprint density at radius 3 is 2.89 bits per heavy atom. The van der Waals surface area contributed by atoms with Crippen molar-refractivity contribution in [3.05, 3.63) is 29.8 Å². The number of anilines is 1. The Morgan fingerprint density at radius 1 is 1.47 bits per heavy atom. The van der Waals surface area contributed by atoms with E-state index in [0.29, 0.717) is 31.2 Å². The minimum absolute atomic E-state index is 0.162. The van der Waals surface area contributed by atoms with Crippen LogP contribution in [0, 0.1) is 0 Å². The van der Waals surface area contributed by atoms with Gasteiger partial charge in [0, 0.05) is 19.7 Å². The molecule has 5 nitrogen and oxygen atoms in total. The average molecular weight is 264 g/mol. The zero-order chi connectivity index (χ0) is 14.1. The lowest BCUT2D eigenvalue weighted by atomic mass is 10.1. The number of benzene rings is 1. The van der Waals surface area contributed by atoms with Crippen LogP contribution in [0.3, 0.4) is 0 Å². The SMILES string of the molecule is CCOc1ccc(/C=C\C(=O)NCCOC)cc1N. The van der Waals surface area contributed by atoms with E-state index in [4.69, 9.17) is 15.2 Å². The molecule has 3 N–H and O–H groups in total. The number of carbonyl (C=O) groups excluding carboxylic acids is 1. The summed E-state index contributed by atoms with van der Waals surface area (Å²) in [4.78, 5) is 11.4. The second-order valence-electron chi connectivity index (χ2n) is 3.85. The van der Waals surface area contributed by atoms with Crippen molar-refractivity contribution in [3.8, 4) is 5.75 Å². The first-order chi connectivity index (χ1) is 9.17. The summed E-state index contributed by atoms with van der Waals surface area (Å²) >= 11 is 0. The molecular weight excluding hydrogens is 244 g/mol. The van der Waals surface area contributed by atoms with Crippen molar-refractivity contribution in [2.75, 3.05) is 32.6 Å². The highest BCUT2D eigenvalue weighted by atomic mass is 16.5. The third kappa shape index (κ3) is 5.44. The Bertz CT molecular complexity index is 444. The maximum absolute atomic E-state index is 11.4. The molecule has 0 radical (unpaired) electrons. The highest BCUT2D eigenvalue weighted by molar-refractivity contribution is 5.91. The molecule has 0 spiro atoms. The van der Waals surface area contributed by atoms with Gasteiger partial charge in [-0.05, 0) is 30.7 Å². The largest absolute Gasteiger partial charge is 0.492 e. The molecule has 0 saturated carbocycles. The standard InChI is InChI=1S/C14H20N2O3/c1-3-19-13-6-4-11(10-12(13)15)5-7-14(17)16-8-9-18-2/h4-7,10H,3,8-9,15H2,1-2H3,(H,16,17)/b7-5-. The first-order valence-corrected chi connectivity index (χ1v) is 6.14. The lowest BCUT2D eigenvalue weighted by Crippen LogP contribution is -2.24. The molecule has 0 aliphatic carbocycles. The summed E-state index contributed by atoms with van der Waals surface area (Å²) in [6.07, 6.45) is 3.17. The van der Waals surface area contributed by atoms with Gasteiger partial charge in [-0.2, -0.15) is 0 Å². The first-order valence-electron chi connectivity index (χ1n) is 6.14. The van der Waals surface area contributed by atoms with Crippen molar-refractivity contribution < 1.29 is 14.3 Å². The van der Waals surface area contributed by atoms with Crippen molar-refractivity contribution in [3.63, 3.8) is 0 Å². The van der Waals surface area contributed by atoms with Gasteiger partial charge in [0.25, 0.3) is 0 Å². The van der Waals surface area contributed by atoms with Crippen LogP contribution >= 0.6 is 0 Å². The molecule has 0 aromatic heterocycles. The first kappa shape index (κ1) is 15.0. The van der Waals surface area contributed by atoms with E-state index in [9.17, 15) is 4.79 Å². The van der Waals surface area contributed by atoms with Gasteiger partial charge in [-0.1, -0.05) is 6.07 Å². The van der Waals surface area contributed by atoms with Crippen LogP contribution in [0.2, 0.25) is 0 Å². The highest BCUT2D eigenvalue weighted by Gasteiger charge is 2.00. The minimum Gasteiger partial charge on any atom is -0.492 e. The molecule has 1 amide bonds. The lowest BCUT2D eigenvalue weighted by molar-refractivity contribution is -0.116. The molecular formula is C14H20N2O3. The molecule has 0 heterocycles. The van der Waals surface area contributed by atoms with E-state index < -0.39 is 0 Å². The zero-order valence-electron chi connectivity index (χ0n) is 11.3. The fourth-order valence-electron chi connectivity index (χ4n) is 1.46. The average Bonchev–Trinajstić information content (AvgIpc) is 2.40. The highest BCUT2D eigenvalue weighted by Crippen LogP contribution is 2.22. The summed E-state index contributed by atoms with van der Waals surface area (Å²) in [6, 6.07) is 5.41. The van der Waals surface area contributed by atoms with Gasteiger partial charge in [-0.15, -0.1) is 0 Å². The fraction of sp³-hybridized carbons (Fsp3) is 0.357. The van der Waals surface area contributed by atoms with E-state index in [1.54, 1.807) is 25.3 Å². The van der Waals surface area contributed by atoms with E-state index in [1.165, 1.54) is 6.08 Å². The summed E-state index contributed by atoms with van der Waals surface area (Å²) in [5.41, 5.74) is 7.24. The van der Waals surface area contributed by atoms with Crippen LogP contribution < -0.4 is 15.8 Å². The van der Waals surface area contributed by atoms with Crippen molar-refractivity contribution in [2.24, 2.45) is 0 Å². The van der Waals surface area contributed by atoms with Gasteiger partial charge in [0.05, 0.1) is 18.9 Å². The molecule has 1 aromatic carbocycles. The summed E-state index contributed by atoms with van der Waals surface area (Å²) < 4.78 is 10.2. The van der Waals surface area contributed by atoms with Gasteiger partial charge in [0.15, 0.2) is 0 Å². The molecule has 0 aliphatic heterocycles. The number of carbonyl (C=O) groups is 1. The molecule has 0 fully saturated rings. The van der Waals surface area contributed by atoms with E-state index in [2.05, 4.69) is 5.32 Å². The monoisotopic (exact) mass is 264 g/mol. The summed E-state index contributed by atoms with van der Waals surface area (Å²) in [5, 5.41) is 2.69. The predicted octanol–water partition coefficient (Wildman–Crippen LogP) is 1.44. The number of hydrogen-bond acceptors (Lipinski definition) is 4. The molecule has 1 rings (SSSR count). The second kappa shape index (κ2) is 8.16.